The van der Waals surface area contributed by atoms with Crippen LogP contribution in [0.25, 0.3) is 0 Å². The molecule has 130 valence electrons. The van der Waals surface area contributed by atoms with E-state index in [4.69, 9.17) is 0 Å². The molecule has 0 aliphatic rings. The van der Waals surface area contributed by atoms with E-state index in [2.05, 4.69) is 30.6 Å². The van der Waals surface area contributed by atoms with Crippen LogP contribution in [-0.4, -0.2) is 55.4 Å². The Balaban J connectivity index is 1.71. The number of hydrogen-bond donors (Lipinski definition) is 4. The highest BCUT2D eigenvalue weighted by molar-refractivity contribution is 5.25. The van der Waals surface area contributed by atoms with Crippen molar-refractivity contribution in [3.63, 3.8) is 0 Å². The summed E-state index contributed by atoms with van der Waals surface area (Å²) >= 11 is 0. The van der Waals surface area contributed by atoms with E-state index in [1.54, 1.807) is 31.7 Å². The Morgan fingerprint density at radius 1 is 0.917 bits per heavy atom. The fourth-order valence-electron chi connectivity index (χ4n) is 1.94. The SMILES string of the molecule is Cc1cnc(NCC(O)CCc2cnc(NCC(C)O)nc2)nc1. The molecule has 2 aromatic rings. The van der Waals surface area contributed by atoms with Crippen LogP contribution in [0, 0.1) is 6.92 Å². The van der Waals surface area contributed by atoms with Crippen molar-refractivity contribution in [1.82, 2.24) is 19.9 Å². The van der Waals surface area contributed by atoms with Crippen molar-refractivity contribution < 1.29 is 10.2 Å². The lowest BCUT2D eigenvalue weighted by molar-refractivity contribution is 0.177. The van der Waals surface area contributed by atoms with Gasteiger partial charge in [0.05, 0.1) is 12.2 Å². The Labute approximate surface area is 141 Å². The van der Waals surface area contributed by atoms with E-state index in [1.807, 2.05) is 6.92 Å². The van der Waals surface area contributed by atoms with Crippen LogP contribution in [0.5, 0.6) is 0 Å². The molecule has 2 heterocycles. The third-order valence-corrected chi connectivity index (χ3v) is 3.30. The molecule has 0 aliphatic carbocycles. The molecule has 24 heavy (non-hydrogen) atoms. The summed E-state index contributed by atoms with van der Waals surface area (Å²) in [6.45, 7) is 4.41. The van der Waals surface area contributed by atoms with Gasteiger partial charge < -0.3 is 20.8 Å². The zero-order valence-electron chi connectivity index (χ0n) is 14.0. The van der Waals surface area contributed by atoms with Gasteiger partial charge >= 0.3 is 0 Å². The number of hydrogen-bond acceptors (Lipinski definition) is 8. The van der Waals surface area contributed by atoms with Crippen LogP contribution in [0.15, 0.2) is 24.8 Å². The third-order valence-electron chi connectivity index (χ3n) is 3.30. The average Bonchev–Trinajstić information content (AvgIpc) is 2.58. The van der Waals surface area contributed by atoms with Crippen LogP contribution in [0.4, 0.5) is 11.9 Å². The van der Waals surface area contributed by atoms with E-state index in [1.165, 1.54) is 0 Å². The lowest BCUT2D eigenvalue weighted by atomic mass is 10.1. The van der Waals surface area contributed by atoms with Crippen molar-refractivity contribution in [2.24, 2.45) is 0 Å². The first-order valence-corrected chi connectivity index (χ1v) is 7.96. The van der Waals surface area contributed by atoms with Gasteiger partial charge in [-0.1, -0.05) is 0 Å². The molecule has 4 N–H and O–H groups in total. The minimum Gasteiger partial charge on any atom is -0.392 e. The van der Waals surface area contributed by atoms with Crippen molar-refractivity contribution in [1.29, 1.82) is 0 Å². The third kappa shape index (κ3) is 6.43. The molecule has 2 rings (SSSR count). The molecule has 2 unspecified atom stereocenters. The molecule has 0 aliphatic heterocycles. The van der Waals surface area contributed by atoms with Crippen molar-refractivity contribution in [3.8, 4) is 0 Å². The number of aryl methyl sites for hydroxylation is 2. The van der Waals surface area contributed by atoms with Crippen molar-refractivity contribution in [2.45, 2.75) is 38.9 Å². The number of nitrogens with one attached hydrogen (secondary N) is 2. The molecule has 0 saturated heterocycles. The Bertz CT molecular complexity index is 603. The maximum absolute atomic E-state index is 10.0. The van der Waals surface area contributed by atoms with Gasteiger partial charge in [0.1, 0.15) is 0 Å². The topological polar surface area (TPSA) is 116 Å². The van der Waals surface area contributed by atoms with Crippen LogP contribution >= 0.6 is 0 Å². The minimum absolute atomic E-state index is 0.387. The van der Waals surface area contributed by atoms with Gasteiger partial charge in [-0.25, -0.2) is 19.9 Å². The van der Waals surface area contributed by atoms with Gasteiger partial charge in [-0.15, -0.1) is 0 Å². The second-order valence-electron chi connectivity index (χ2n) is 5.80. The Morgan fingerprint density at radius 2 is 1.46 bits per heavy atom. The van der Waals surface area contributed by atoms with Gasteiger partial charge in [-0.05, 0) is 37.8 Å². The zero-order chi connectivity index (χ0) is 17.4. The van der Waals surface area contributed by atoms with E-state index >= 15 is 0 Å². The highest BCUT2D eigenvalue weighted by atomic mass is 16.3. The van der Waals surface area contributed by atoms with Gasteiger partial charge in [-0.3, -0.25) is 0 Å². The van der Waals surface area contributed by atoms with Crippen molar-refractivity contribution in [2.75, 3.05) is 23.7 Å². The van der Waals surface area contributed by atoms with Crippen LogP contribution in [0.3, 0.4) is 0 Å². The molecule has 0 bridgehead atoms. The molecular weight excluding hydrogens is 308 g/mol. The summed E-state index contributed by atoms with van der Waals surface area (Å²) in [4.78, 5) is 16.6. The smallest absolute Gasteiger partial charge is 0.222 e. The second-order valence-corrected chi connectivity index (χ2v) is 5.80. The zero-order valence-corrected chi connectivity index (χ0v) is 14.0. The maximum atomic E-state index is 10.0. The van der Waals surface area contributed by atoms with Gasteiger partial charge in [0.2, 0.25) is 11.9 Å². The highest BCUT2D eigenvalue weighted by Crippen LogP contribution is 2.06. The lowest BCUT2D eigenvalue weighted by Crippen LogP contribution is -2.21. The predicted octanol–water partition coefficient (Wildman–Crippen LogP) is 0.773. The number of aliphatic hydroxyl groups excluding tert-OH is 2. The van der Waals surface area contributed by atoms with Gasteiger partial charge in [0.25, 0.3) is 0 Å². The van der Waals surface area contributed by atoms with E-state index in [0.717, 1.165) is 11.1 Å². The average molecular weight is 332 g/mol. The van der Waals surface area contributed by atoms with Crippen molar-refractivity contribution in [3.05, 3.63) is 35.9 Å². The molecule has 0 amide bonds. The van der Waals surface area contributed by atoms with Crippen LogP contribution in [-0.2, 0) is 6.42 Å². The van der Waals surface area contributed by atoms with E-state index in [-0.39, 0.29) is 0 Å². The van der Waals surface area contributed by atoms with Gasteiger partial charge in [0, 0.05) is 37.9 Å². The highest BCUT2D eigenvalue weighted by Gasteiger charge is 2.07. The quantitative estimate of drug-likeness (QED) is 0.532. The fourth-order valence-corrected chi connectivity index (χ4v) is 1.94. The molecule has 0 spiro atoms. The van der Waals surface area contributed by atoms with Gasteiger partial charge in [-0.2, -0.15) is 0 Å². The molecule has 0 aromatic carbocycles. The van der Waals surface area contributed by atoms with E-state index < -0.39 is 12.2 Å². The number of aromatic nitrogens is 4. The number of anilines is 2. The molecule has 0 fully saturated rings. The largest absolute Gasteiger partial charge is 0.392 e. The summed E-state index contributed by atoms with van der Waals surface area (Å²) < 4.78 is 0. The van der Waals surface area contributed by atoms with Crippen LogP contribution in [0.2, 0.25) is 0 Å². The molecular formula is C16H24N6O2. The van der Waals surface area contributed by atoms with E-state index in [0.29, 0.717) is 37.8 Å². The first kappa shape index (κ1) is 18.0. The Hall–Kier alpha value is -2.32. The predicted molar refractivity (Wildman–Crippen MR) is 91.8 cm³/mol. The summed E-state index contributed by atoms with van der Waals surface area (Å²) in [7, 11) is 0. The standard InChI is InChI=1S/C16H24N6O2/c1-11-5-17-15(18-6-11)22-10-14(24)4-3-13-8-20-16(21-9-13)19-7-12(2)23/h5-6,8-9,12,14,23-24H,3-4,7,10H2,1-2H3,(H,17,18,22)(H,19,20,21). The monoisotopic (exact) mass is 332 g/mol. The molecule has 8 nitrogen and oxygen atoms in total. The summed E-state index contributed by atoms with van der Waals surface area (Å²) in [5, 5.41) is 25.2. The summed E-state index contributed by atoms with van der Waals surface area (Å²) in [6.07, 6.45) is 7.20. The normalized spacial score (nSPS) is 13.3. The Morgan fingerprint density at radius 3 is 2.04 bits per heavy atom. The maximum Gasteiger partial charge on any atom is 0.222 e. The minimum atomic E-state index is -0.511. The number of nitrogens with zero attached hydrogens (tertiary/aromatic N) is 4. The van der Waals surface area contributed by atoms with E-state index in [9.17, 15) is 10.2 Å². The molecule has 0 radical (unpaired) electrons. The molecule has 2 aromatic heterocycles. The fraction of sp³-hybridized carbons (Fsp3) is 0.500. The second kappa shape index (κ2) is 9.09. The Kier molecular flexibility index (Phi) is 6.83. The van der Waals surface area contributed by atoms with Gasteiger partial charge in [0.15, 0.2) is 0 Å². The molecule has 2 atom stereocenters. The summed E-state index contributed by atoms with van der Waals surface area (Å²) in [5.41, 5.74) is 1.94. The van der Waals surface area contributed by atoms with Crippen LogP contribution < -0.4 is 10.6 Å². The van der Waals surface area contributed by atoms with Crippen LogP contribution in [0.1, 0.15) is 24.5 Å². The van der Waals surface area contributed by atoms with Crippen molar-refractivity contribution >= 4 is 11.9 Å². The lowest BCUT2D eigenvalue weighted by Gasteiger charge is -2.12. The summed E-state index contributed by atoms with van der Waals surface area (Å²) in [5.74, 6) is 0.995. The number of aliphatic hydroxyl groups is 2. The first-order chi connectivity index (χ1) is 11.5. The first-order valence-electron chi connectivity index (χ1n) is 7.96. The molecule has 0 saturated carbocycles. The summed E-state index contributed by atoms with van der Waals surface area (Å²) in [6, 6.07) is 0. The number of rotatable bonds is 9. The molecule has 8 heteroatoms.